The van der Waals surface area contributed by atoms with Crippen LogP contribution in [0.1, 0.15) is 34.3 Å². The number of carbonyl (C=O) groups excluding carboxylic acids is 1. The molecule has 3 heterocycles. The number of nitrogens with one attached hydrogen (secondary N) is 3. The van der Waals surface area contributed by atoms with Crippen molar-refractivity contribution in [3.8, 4) is 11.6 Å². The van der Waals surface area contributed by atoms with Crippen molar-refractivity contribution in [3.05, 3.63) is 95.9 Å². The van der Waals surface area contributed by atoms with E-state index in [1.807, 2.05) is 35.8 Å². The Hall–Kier alpha value is -4.97. The molecule has 214 valence electrons. The molecule has 6 rings (SSSR count). The summed E-state index contributed by atoms with van der Waals surface area (Å²) in [5, 5.41) is 9.12. The molecule has 42 heavy (non-hydrogen) atoms. The highest BCUT2D eigenvalue weighted by atomic mass is 19.4. The van der Waals surface area contributed by atoms with Crippen LogP contribution in [0.3, 0.4) is 0 Å². The maximum Gasteiger partial charge on any atom is 0.416 e. The summed E-state index contributed by atoms with van der Waals surface area (Å²) in [7, 11) is 0. The molecule has 1 aliphatic rings. The van der Waals surface area contributed by atoms with Gasteiger partial charge in [0, 0.05) is 23.1 Å². The number of carbonyl (C=O) groups is 1. The Labute approximate surface area is 238 Å². The first-order valence-corrected chi connectivity index (χ1v) is 13.3. The molecule has 3 N–H and O–H groups in total. The standard InChI is InChI=1S/C30H26F3N7O2/c1-18-8-9-21(37-28(41)19-13-20(30(31,32)33)15-22(14-19)42-27-7-4-11-35-27)16-24(18)39-29-38-23-5-2-3-6-25(23)40(29)26-10-12-34-17-36-26/h2-3,5-6,8-10,12-17,27,35H,4,7,11H2,1H3,(H,37,41)(H,38,39). The number of rotatable bonds is 7. The number of hydrogen-bond acceptors (Lipinski definition) is 7. The summed E-state index contributed by atoms with van der Waals surface area (Å²) >= 11 is 0. The fourth-order valence-corrected chi connectivity index (χ4v) is 4.80. The predicted octanol–water partition coefficient (Wildman–Crippen LogP) is 6.23. The van der Waals surface area contributed by atoms with Gasteiger partial charge >= 0.3 is 6.18 Å². The molecule has 5 aromatic rings. The molecule has 1 saturated heterocycles. The van der Waals surface area contributed by atoms with Crippen molar-refractivity contribution >= 4 is 34.3 Å². The number of hydrogen-bond donors (Lipinski definition) is 3. The third kappa shape index (κ3) is 5.75. The number of aryl methyl sites for hydroxylation is 1. The van der Waals surface area contributed by atoms with E-state index in [1.54, 1.807) is 30.5 Å². The molecule has 3 aromatic carbocycles. The minimum absolute atomic E-state index is 0.0238. The Morgan fingerprint density at radius 1 is 1.10 bits per heavy atom. The number of ether oxygens (including phenoxy) is 1. The van der Waals surface area contributed by atoms with E-state index in [2.05, 4.69) is 25.9 Å². The zero-order valence-electron chi connectivity index (χ0n) is 22.4. The van der Waals surface area contributed by atoms with Crippen LogP contribution >= 0.6 is 0 Å². The molecule has 1 amide bonds. The lowest BCUT2D eigenvalue weighted by molar-refractivity contribution is -0.137. The summed E-state index contributed by atoms with van der Waals surface area (Å²) in [5.74, 6) is 0.373. The number of para-hydroxylation sites is 2. The van der Waals surface area contributed by atoms with E-state index in [4.69, 9.17) is 9.72 Å². The fraction of sp³-hybridized carbons (Fsp3) is 0.200. The van der Waals surface area contributed by atoms with Gasteiger partial charge in [0.25, 0.3) is 5.91 Å². The lowest BCUT2D eigenvalue weighted by Crippen LogP contribution is -2.27. The molecular weight excluding hydrogens is 547 g/mol. The van der Waals surface area contributed by atoms with Crippen molar-refractivity contribution in [2.24, 2.45) is 0 Å². The monoisotopic (exact) mass is 573 g/mol. The molecule has 12 heteroatoms. The number of halogens is 3. The maximum atomic E-state index is 13.7. The van der Waals surface area contributed by atoms with Crippen LogP contribution in [-0.4, -0.2) is 38.2 Å². The lowest BCUT2D eigenvalue weighted by atomic mass is 10.1. The highest BCUT2D eigenvalue weighted by molar-refractivity contribution is 6.05. The first-order valence-electron chi connectivity index (χ1n) is 13.3. The molecule has 0 spiro atoms. The zero-order chi connectivity index (χ0) is 29.3. The highest BCUT2D eigenvalue weighted by Gasteiger charge is 2.32. The molecule has 2 aromatic heterocycles. The molecule has 1 aliphatic heterocycles. The third-order valence-electron chi connectivity index (χ3n) is 6.89. The highest BCUT2D eigenvalue weighted by Crippen LogP contribution is 2.34. The molecule has 1 fully saturated rings. The van der Waals surface area contributed by atoms with Gasteiger partial charge in [-0.2, -0.15) is 13.2 Å². The van der Waals surface area contributed by atoms with Gasteiger partial charge in [0.05, 0.1) is 16.6 Å². The normalized spacial score (nSPS) is 15.1. The van der Waals surface area contributed by atoms with Crippen LogP contribution < -0.4 is 20.7 Å². The van der Waals surface area contributed by atoms with Crippen molar-refractivity contribution in [2.75, 3.05) is 17.2 Å². The molecule has 0 radical (unpaired) electrons. The van der Waals surface area contributed by atoms with Crippen LogP contribution in [0, 0.1) is 6.92 Å². The van der Waals surface area contributed by atoms with Crippen molar-refractivity contribution in [1.29, 1.82) is 0 Å². The topological polar surface area (TPSA) is 106 Å². The smallest absolute Gasteiger partial charge is 0.416 e. The van der Waals surface area contributed by atoms with E-state index >= 15 is 0 Å². The van der Waals surface area contributed by atoms with Gasteiger partial charge in [-0.05, 0) is 80.4 Å². The van der Waals surface area contributed by atoms with Gasteiger partial charge in [-0.3, -0.25) is 14.7 Å². The molecule has 0 aliphatic carbocycles. The minimum Gasteiger partial charge on any atom is -0.475 e. The van der Waals surface area contributed by atoms with Gasteiger partial charge in [0.1, 0.15) is 24.1 Å². The average molecular weight is 574 g/mol. The van der Waals surface area contributed by atoms with Crippen LogP contribution in [0.2, 0.25) is 0 Å². The summed E-state index contributed by atoms with van der Waals surface area (Å²) in [4.78, 5) is 26.3. The van der Waals surface area contributed by atoms with Crippen LogP contribution in [0.25, 0.3) is 16.9 Å². The first-order chi connectivity index (χ1) is 20.2. The van der Waals surface area contributed by atoms with E-state index in [0.29, 0.717) is 29.6 Å². The van der Waals surface area contributed by atoms with E-state index in [-0.39, 0.29) is 11.3 Å². The van der Waals surface area contributed by atoms with Crippen molar-refractivity contribution < 1.29 is 22.7 Å². The maximum absolute atomic E-state index is 13.7. The number of nitrogens with zero attached hydrogens (tertiary/aromatic N) is 4. The molecule has 1 atom stereocenters. The number of fused-ring (bicyclic) bond motifs is 1. The lowest BCUT2D eigenvalue weighted by Gasteiger charge is -2.17. The number of alkyl halides is 3. The van der Waals surface area contributed by atoms with Crippen LogP contribution in [0.4, 0.5) is 30.5 Å². The van der Waals surface area contributed by atoms with Crippen molar-refractivity contribution in [3.63, 3.8) is 0 Å². The van der Waals surface area contributed by atoms with Crippen molar-refractivity contribution in [2.45, 2.75) is 32.2 Å². The summed E-state index contributed by atoms with van der Waals surface area (Å²) in [6, 6.07) is 17.6. The molecule has 9 nitrogen and oxygen atoms in total. The Morgan fingerprint density at radius 3 is 2.71 bits per heavy atom. The summed E-state index contributed by atoms with van der Waals surface area (Å²) in [6.07, 6.45) is -0.437. The second-order valence-electron chi connectivity index (χ2n) is 9.88. The number of anilines is 3. The number of imidazole rings is 1. The second-order valence-corrected chi connectivity index (χ2v) is 9.88. The van der Waals surface area contributed by atoms with E-state index < -0.39 is 23.9 Å². The van der Waals surface area contributed by atoms with Crippen LogP contribution in [0.15, 0.2) is 79.3 Å². The molecule has 0 bridgehead atoms. The second kappa shape index (κ2) is 11.1. The van der Waals surface area contributed by atoms with Gasteiger partial charge in [-0.15, -0.1) is 0 Å². The van der Waals surface area contributed by atoms with Crippen LogP contribution in [0.5, 0.6) is 5.75 Å². The summed E-state index contributed by atoms with van der Waals surface area (Å²) in [6.45, 7) is 2.61. The molecule has 0 saturated carbocycles. The van der Waals surface area contributed by atoms with E-state index in [9.17, 15) is 18.0 Å². The average Bonchev–Trinajstić information content (AvgIpc) is 3.62. The number of amides is 1. The largest absolute Gasteiger partial charge is 0.475 e. The minimum atomic E-state index is -4.65. The Balaban J connectivity index is 1.29. The Bertz CT molecular complexity index is 1750. The summed E-state index contributed by atoms with van der Waals surface area (Å²) in [5.41, 5.74) is 2.32. The first kappa shape index (κ1) is 27.2. The van der Waals surface area contributed by atoms with E-state index in [0.717, 1.165) is 41.7 Å². The predicted molar refractivity (Wildman–Crippen MR) is 152 cm³/mol. The Morgan fingerprint density at radius 2 is 1.95 bits per heavy atom. The molecule has 1 unspecified atom stereocenters. The zero-order valence-corrected chi connectivity index (χ0v) is 22.4. The summed E-state index contributed by atoms with van der Waals surface area (Å²) < 4.78 is 48.5. The van der Waals surface area contributed by atoms with Crippen LogP contribution in [-0.2, 0) is 6.18 Å². The van der Waals surface area contributed by atoms with Crippen molar-refractivity contribution in [1.82, 2.24) is 24.8 Å². The van der Waals surface area contributed by atoms with Gasteiger partial charge in [0.15, 0.2) is 0 Å². The Kier molecular flexibility index (Phi) is 7.21. The van der Waals surface area contributed by atoms with Gasteiger partial charge < -0.3 is 15.4 Å². The number of benzene rings is 3. The third-order valence-corrected chi connectivity index (χ3v) is 6.89. The quantitative estimate of drug-likeness (QED) is 0.212. The van der Waals surface area contributed by atoms with Gasteiger partial charge in [0.2, 0.25) is 5.95 Å². The van der Waals surface area contributed by atoms with Gasteiger partial charge in [-0.25, -0.2) is 15.0 Å². The number of aromatic nitrogens is 4. The fourth-order valence-electron chi connectivity index (χ4n) is 4.80. The molecular formula is C30H26F3N7O2. The SMILES string of the molecule is Cc1ccc(NC(=O)c2cc(OC3CCCN3)cc(C(F)(F)F)c2)cc1Nc1nc2ccccc2n1-c1ccncn1. The van der Waals surface area contributed by atoms with E-state index in [1.165, 1.54) is 12.4 Å². The van der Waals surface area contributed by atoms with Gasteiger partial charge in [-0.1, -0.05) is 18.2 Å².